The molecule has 0 atom stereocenters. The van der Waals surface area contributed by atoms with E-state index in [2.05, 4.69) is 6.07 Å². The standard InChI is InChI=1S/C23H20N2O2/c1-25(22(26)17-27-21-14-12-18(16-24)13-15-21)23(19-8-4-2-5-9-19)20-10-6-3-7-11-20/h2-15,23H,17H2,1H3. The fraction of sp³-hybridized carbons (Fsp3) is 0.130. The predicted octanol–water partition coefficient (Wildman–Crippen LogP) is 4.19. The quantitative estimate of drug-likeness (QED) is 0.666. The van der Waals surface area contributed by atoms with E-state index in [0.717, 1.165) is 11.1 Å². The van der Waals surface area contributed by atoms with Gasteiger partial charge < -0.3 is 9.64 Å². The molecule has 0 radical (unpaired) electrons. The maximum Gasteiger partial charge on any atom is 0.261 e. The number of nitriles is 1. The molecule has 0 aromatic heterocycles. The van der Waals surface area contributed by atoms with Gasteiger partial charge in [-0.05, 0) is 35.4 Å². The molecule has 0 fully saturated rings. The molecule has 0 aliphatic carbocycles. The first-order valence-corrected chi connectivity index (χ1v) is 8.67. The Hall–Kier alpha value is -3.58. The first kappa shape index (κ1) is 18.2. The lowest BCUT2D eigenvalue weighted by Gasteiger charge is -2.29. The van der Waals surface area contributed by atoms with Crippen molar-refractivity contribution >= 4 is 5.91 Å². The first-order valence-electron chi connectivity index (χ1n) is 8.67. The van der Waals surface area contributed by atoms with Crippen molar-refractivity contribution in [1.29, 1.82) is 5.26 Å². The van der Waals surface area contributed by atoms with E-state index >= 15 is 0 Å². The van der Waals surface area contributed by atoms with Crippen molar-refractivity contribution in [3.63, 3.8) is 0 Å². The second-order valence-corrected chi connectivity index (χ2v) is 6.15. The molecule has 3 rings (SSSR count). The van der Waals surface area contributed by atoms with Gasteiger partial charge in [0.25, 0.3) is 5.91 Å². The van der Waals surface area contributed by atoms with Crippen LogP contribution in [0, 0.1) is 11.3 Å². The molecule has 0 aliphatic rings. The van der Waals surface area contributed by atoms with Crippen molar-refractivity contribution in [2.45, 2.75) is 6.04 Å². The Balaban J connectivity index is 1.76. The Bertz CT molecular complexity index is 877. The summed E-state index contributed by atoms with van der Waals surface area (Å²) in [5.74, 6) is 0.434. The van der Waals surface area contributed by atoms with E-state index in [1.165, 1.54) is 0 Å². The lowest BCUT2D eigenvalue weighted by Crippen LogP contribution is -2.35. The number of carbonyl (C=O) groups is 1. The SMILES string of the molecule is CN(C(=O)COc1ccc(C#N)cc1)C(c1ccccc1)c1ccccc1. The summed E-state index contributed by atoms with van der Waals surface area (Å²) in [6.45, 7) is -0.0709. The molecule has 0 unspecified atom stereocenters. The van der Waals surface area contributed by atoms with Crippen LogP contribution in [-0.4, -0.2) is 24.5 Å². The van der Waals surface area contributed by atoms with Crippen LogP contribution in [0.25, 0.3) is 0 Å². The van der Waals surface area contributed by atoms with Crippen LogP contribution in [0.15, 0.2) is 84.9 Å². The molecule has 27 heavy (non-hydrogen) atoms. The highest BCUT2D eigenvalue weighted by molar-refractivity contribution is 5.78. The lowest BCUT2D eigenvalue weighted by molar-refractivity contribution is -0.133. The van der Waals surface area contributed by atoms with Crippen molar-refractivity contribution in [1.82, 2.24) is 4.90 Å². The van der Waals surface area contributed by atoms with Crippen molar-refractivity contribution in [3.8, 4) is 11.8 Å². The van der Waals surface area contributed by atoms with Crippen LogP contribution in [0.2, 0.25) is 0 Å². The number of likely N-dealkylation sites (N-methyl/N-ethyl adjacent to an activating group) is 1. The Morgan fingerprint density at radius 2 is 1.44 bits per heavy atom. The number of nitrogens with zero attached hydrogens (tertiary/aromatic N) is 2. The summed E-state index contributed by atoms with van der Waals surface area (Å²) < 4.78 is 5.61. The molecular formula is C23H20N2O2. The Morgan fingerprint density at radius 3 is 1.93 bits per heavy atom. The van der Waals surface area contributed by atoms with E-state index in [-0.39, 0.29) is 18.6 Å². The van der Waals surface area contributed by atoms with Gasteiger partial charge in [-0.15, -0.1) is 0 Å². The average molecular weight is 356 g/mol. The van der Waals surface area contributed by atoms with Crippen LogP contribution in [0.3, 0.4) is 0 Å². The predicted molar refractivity (Wildman–Crippen MR) is 104 cm³/mol. The van der Waals surface area contributed by atoms with E-state index in [1.807, 2.05) is 60.7 Å². The van der Waals surface area contributed by atoms with Gasteiger partial charge in [-0.2, -0.15) is 5.26 Å². The maximum atomic E-state index is 12.8. The van der Waals surface area contributed by atoms with Crippen LogP contribution in [0.5, 0.6) is 5.75 Å². The molecule has 0 N–H and O–H groups in total. The van der Waals surface area contributed by atoms with Crippen LogP contribution in [0.4, 0.5) is 0 Å². The van der Waals surface area contributed by atoms with Crippen molar-refractivity contribution in [2.75, 3.05) is 13.7 Å². The van der Waals surface area contributed by atoms with E-state index in [0.29, 0.717) is 11.3 Å². The van der Waals surface area contributed by atoms with E-state index in [9.17, 15) is 4.79 Å². The third-order valence-corrected chi connectivity index (χ3v) is 4.36. The molecule has 0 aliphatic heterocycles. The van der Waals surface area contributed by atoms with Gasteiger partial charge in [0.1, 0.15) is 5.75 Å². The third-order valence-electron chi connectivity index (χ3n) is 4.36. The molecule has 4 nitrogen and oxygen atoms in total. The minimum atomic E-state index is -0.190. The third kappa shape index (κ3) is 4.53. The number of benzene rings is 3. The molecule has 3 aromatic rings. The second-order valence-electron chi connectivity index (χ2n) is 6.15. The van der Waals surface area contributed by atoms with Gasteiger partial charge >= 0.3 is 0 Å². The molecule has 0 saturated carbocycles. The number of carbonyl (C=O) groups excluding carboxylic acids is 1. The fourth-order valence-electron chi connectivity index (χ4n) is 2.93. The van der Waals surface area contributed by atoms with Gasteiger partial charge in [-0.1, -0.05) is 60.7 Å². The highest BCUT2D eigenvalue weighted by Gasteiger charge is 2.23. The Labute approximate surface area is 159 Å². The minimum Gasteiger partial charge on any atom is -0.484 e. The van der Waals surface area contributed by atoms with E-state index in [4.69, 9.17) is 10.00 Å². The fourth-order valence-corrected chi connectivity index (χ4v) is 2.93. The van der Waals surface area contributed by atoms with Gasteiger partial charge in [0.2, 0.25) is 0 Å². The molecule has 0 heterocycles. The monoisotopic (exact) mass is 356 g/mol. The van der Waals surface area contributed by atoms with Gasteiger partial charge in [0, 0.05) is 7.05 Å². The summed E-state index contributed by atoms with van der Waals surface area (Å²) >= 11 is 0. The highest BCUT2D eigenvalue weighted by atomic mass is 16.5. The van der Waals surface area contributed by atoms with Crippen molar-refractivity contribution in [2.24, 2.45) is 0 Å². The maximum absolute atomic E-state index is 12.8. The van der Waals surface area contributed by atoms with Crippen LogP contribution in [0.1, 0.15) is 22.7 Å². The minimum absolute atomic E-state index is 0.0709. The number of rotatable bonds is 6. The molecule has 4 heteroatoms. The molecule has 3 aromatic carbocycles. The lowest BCUT2D eigenvalue weighted by atomic mass is 9.97. The van der Waals surface area contributed by atoms with Crippen molar-refractivity contribution < 1.29 is 9.53 Å². The summed E-state index contributed by atoms with van der Waals surface area (Å²) in [5, 5.41) is 8.85. The van der Waals surface area contributed by atoms with Gasteiger partial charge in [-0.3, -0.25) is 4.79 Å². The van der Waals surface area contributed by atoms with Crippen LogP contribution < -0.4 is 4.74 Å². The van der Waals surface area contributed by atoms with Gasteiger partial charge in [-0.25, -0.2) is 0 Å². The molecule has 0 spiro atoms. The van der Waals surface area contributed by atoms with E-state index in [1.54, 1.807) is 36.2 Å². The summed E-state index contributed by atoms with van der Waals surface area (Å²) in [4.78, 5) is 14.5. The number of hydrogen-bond acceptors (Lipinski definition) is 3. The molecule has 1 amide bonds. The summed E-state index contributed by atoms with van der Waals surface area (Å²) in [6, 6.07) is 28.4. The smallest absolute Gasteiger partial charge is 0.261 e. The normalized spacial score (nSPS) is 10.3. The summed E-state index contributed by atoms with van der Waals surface area (Å²) in [5.41, 5.74) is 2.63. The molecule has 134 valence electrons. The summed E-state index contributed by atoms with van der Waals surface area (Å²) in [7, 11) is 1.79. The van der Waals surface area contributed by atoms with Gasteiger partial charge in [0.15, 0.2) is 6.61 Å². The number of amides is 1. The zero-order valence-corrected chi connectivity index (χ0v) is 15.1. The topological polar surface area (TPSA) is 53.3 Å². The van der Waals surface area contributed by atoms with Crippen LogP contribution in [-0.2, 0) is 4.79 Å². The van der Waals surface area contributed by atoms with Crippen LogP contribution >= 0.6 is 0 Å². The number of ether oxygens (including phenoxy) is 1. The average Bonchev–Trinajstić information content (AvgIpc) is 2.74. The summed E-state index contributed by atoms with van der Waals surface area (Å²) in [6.07, 6.45) is 0. The molecule has 0 bridgehead atoms. The second kappa shape index (κ2) is 8.68. The first-order chi connectivity index (χ1) is 13.2. The zero-order chi connectivity index (χ0) is 19.1. The zero-order valence-electron chi connectivity index (χ0n) is 15.1. The Morgan fingerprint density at radius 1 is 0.926 bits per heavy atom. The number of hydrogen-bond donors (Lipinski definition) is 0. The van der Waals surface area contributed by atoms with Gasteiger partial charge in [0.05, 0.1) is 17.7 Å². The van der Waals surface area contributed by atoms with Crippen molar-refractivity contribution in [3.05, 3.63) is 102 Å². The highest BCUT2D eigenvalue weighted by Crippen LogP contribution is 2.27. The largest absolute Gasteiger partial charge is 0.484 e. The van der Waals surface area contributed by atoms with E-state index < -0.39 is 0 Å². The molecule has 0 saturated heterocycles. The Kier molecular flexibility index (Phi) is 5.86. The molecular weight excluding hydrogens is 336 g/mol.